The van der Waals surface area contributed by atoms with E-state index < -0.39 is 0 Å². The van der Waals surface area contributed by atoms with Crippen LogP contribution in [-0.2, 0) is 11.3 Å². The molecule has 2 aliphatic heterocycles. The van der Waals surface area contributed by atoms with E-state index in [1.165, 1.54) is 18.4 Å². The maximum Gasteiger partial charge on any atom is 0.274 e. The van der Waals surface area contributed by atoms with Crippen molar-refractivity contribution in [3.63, 3.8) is 0 Å². The van der Waals surface area contributed by atoms with Crippen LogP contribution in [0.4, 0.5) is 0 Å². The molecule has 0 bridgehead atoms. The van der Waals surface area contributed by atoms with Crippen molar-refractivity contribution in [1.29, 1.82) is 0 Å². The first kappa shape index (κ1) is 17.5. The lowest BCUT2D eigenvalue weighted by Gasteiger charge is -2.38. The van der Waals surface area contributed by atoms with E-state index in [0.717, 1.165) is 25.1 Å². The fourth-order valence-electron chi connectivity index (χ4n) is 4.66. The van der Waals surface area contributed by atoms with Crippen LogP contribution in [0, 0.1) is 5.41 Å². The minimum absolute atomic E-state index is 0.0171. The Kier molecular flexibility index (Phi) is 4.22. The molecule has 146 valence electrons. The number of likely N-dealkylation sites (tertiary alicyclic amines) is 2. The van der Waals surface area contributed by atoms with Gasteiger partial charge in [0.15, 0.2) is 0 Å². The van der Waals surface area contributed by atoms with E-state index in [1.54, 1.807) is 0 Å². The van der Waals surface area contributed by atoms with Gasteiger partial charge in [-0.05, 0) is 37.3 Å². The number of aromatic nitrogens is 2. The first-order chi connectivity index (χ1) is 13.6. The van der Waals surface area contributed by atoms with E-state index in [2.05, 4.69) is 22.3 Å². The third kappa shape index (κ3) is 3.32. The van der Waals surface area contributed by atoms with Gasteiger partial charge in [0.2, 0.25) is 5.91 Å². The maximum atomic E-state index is 12.8. The lowest BCUT2D eigenvalue weighted by atomic mass is 9.77. The molecule has 1 spiro atoms. The van der Waals surface area contributed by atoms with Gasteiger partial charge in [-0.25, -0.2) is 0 Å². The lowest BCUT2D eigenvalue weighted by Crippen LogP contribution is -2.44. The number of carbonyl (C=O) groups is 2. The molecule has 3 heterocycles. The second-order valence-electron chi connectivity index (χ2n) is 8.69. The minimum atomic E-state index is 0.0171. The predicted molar refractivity (Wildman–Crippen MR) is 105 cm³/mol. The minimum Gasteiger partial charge on any atom is -0.338 e. The molecule has 5 rings (SSSR count). The molecule has 28 heavy (non-hydrogen) atoms. The smallest absolute Gasteiger partial charge is 0.274 e. The molecule has 1 saturated carbocycles. The van der Waals surface area contributed by atoms with Gasteiger partial charge in [-0.2, -0.15) is 5.10 Å². The number of benzene rings is 1. The zero-order valence-electron chi connectivity index (χ0n) is 16.1. The highest BCUT2D eigenvalue weighted by atomic mass is 16.2. The number of hydrogen-bond acceptors (Lipinski definition) is 3. The van der Waals surface area contributed by atoms with Crippen molar-refractivity contribution in [3.8, 4) is 0 Å². The van der Waals surface area contributed by atoms with Crippen LogP contribution in [0.3, 0.4) is 0 Å². The SMILES string of the molecule is O=C1CC2(CCN(C(=O)c3cc(C4CC4)[nH]n3)CC2)CN1Cc1ccccc1. The first-order valence-electron chi connectivity index (χ1n) is 10.3. The summed E-state index contributed by atoms with van der Waals surface area (Å²) >= 11 is 0. The van der Waals surface area contributed by atoms with Gasteiger partial charge < -0.3 is 9.80 Å². The van der Waals surface area contributed by atoms with E-state index in [0.29, 0.717) is 37.7 Å². The van der Waals surface area contributed by atoms with Crippen molar-refractivity contribution in [1.82, 2.24) is 20.0 Å². The van der Waals surface area contributed by atoms with E-state index in [4.69, 9.17) is 0 Å². The highest BCUT2D eigenvalue weighted by molar-refractivity contribution is 5.92. The van der Waals surface area contributed by atoms with E-state index in [1.807, 2.05) is 34.1 Å². The second kappa shape index (κ2) is 6.76. The fraction of sp³-hybridized carbons (Fsp3) is 0.500. The fourth-order valence-corrected chi connectivity index (χ4v) is 4.66. The summed E-state index contributed by atoms with van der Waals surface area (Å²) in [6, 6.07) is 12.1. The molecule has 3 fully saturated rings. The van der Waals surface area contributed by atoms with Crippen LogP contribution in [0.15, 0.2) is 36.4 Å². The maximum absolute atomic E-state index is 12.8. The molecule has 1 aromatic heterocycles. The Labute approximate surface area is 164 Å². The molecule has 0 atom stereocenters. The second-order valence-corrected chi connectivity index (χ2v) is 8.69. The lowest BCUT2D eigenvalue weighted by molar-refractivity contribution is -0.128. The molecule has 1 aromatic carbocycles. The molecular formula is C22H26N4O2. The molecule has 2 saturated heterocycles. The monoisotopic (exact) mass is 378 g/mol. The molecule has 2 amide bonds. The van der Waals surface area contributed by atoms with E-state index in [9.17, 15) is 9.59 Å². The number of carbonyl (C=O) groups excluding carboxylic acids is 2. The zero-order chi connectivity index (χ0) is 19.1. The summed E-state index contributed by atoms with van der Waals surface area (Å²) < 4.78 is 0. The summed E-state index contributed by atoms with van der Waals surface area (Å²) in [6.45, 7) is 2.89. The summed E-state index contributed by atoms with van der Waals surface area (Å²) in [6.07, 6.45) is 4.76. The highest BCUT2D eigenvalue weighted by Gasteiger charge is 2.45. The third-order valence-electron chi connectivity index (χ3n) is 6.57. The third-order valence-corrected chi connectivity index (χ3v) is 6.57. The Hall–Kier alpha value is -2.63. The van der Waals surface area contributed by atoms with Crippen molar-refractivity contribution >= 4 is 11.8 Å². The molecule has 1 aliphatic carbocycles. The van der Waals surface area contributed by atoms with Crippen LogP contribution < -0.4 is 0 Å². The topological polar surface area (TPSA) is 69.3 Å². The molecule has 6 nitrogen and oxygen atoms in total. The number of piperidine rings is 1. The van der Waals surface area contributed by atoms with Gasteiger partial charge in [-0.1, -0.05) is 30.3 Å². The van der Waals surface area contributed by atoms with Gasteiger partial charge in [0, 0.05) is 49.6 Å². The molecule has 6 heteroatoms. The van der Waals surface area contributed by atoms with Crippen LogP contribution in [0.5, 0.6) is 0 Å². The largest absolute Gasteiger partial charge is 0.338 e. The van der Waals surface area contributed by atoms with Crippen LogP contribution in [0.2, 0.25) is 0 Å². The van der Waals surface area contributed by atoms with Crippen LogP contribution >= 0.6 is 0 Å². The standard InChI is InChI=1S/C22H26N4O2/c27-20-13-22(15-26(20)14-16-4-2-1-3-5-16)8-10-25(11-9-22)21(28)19-12-18(23-24-19)17-6-7-17/h1-5,12,17H,6-11,13-15H2,(H,23,24). The summed E-state index contributed by atoms with van der Waals surface area (Å²) in [5.41, 5.74) is 2.82. The van der Waals surface area contributed by atoms with Crippen molar-refractivity contribution in [3.05, 3.63) is 53.3 Å². The van der Waals surface area contributed by atoms with Gasteiger partial charge in [0.1, 0.15) is 5.69 Å². The average Bonchev–Trinajstić information content (AvgIpc) is 3.37. The van der Waals surface area contributed by atoms with E-state index >= 15 is 0 Å². The predicted octanol–water partition coefficient (Wildman–Crippen LogP) is 2.94. The number of nitrogens with one attached hydrogen (secondary N) is 1. The number of nitrogens with zero attached hydrogens (tertiary/aromatic N) is 3. The molecular weight excluding hydrogens is 352 g/mol. The Morgan fingerprint density at radius 2 is 1.93 bits per heavy atom. The Bertz CT molecular complexity index is 879. The van der Waals surface area contributed by atoms with Crippen molar-refractivity contribution in [2.75, 3.05) is 19.6 Å². The highest BCUT2D eigenvalue weighted by Crippen LogP contribution is 2.42. The van der Waals surface area contributed by atoms with E-state index in [-0.39, 0.29) is 17.2 Å². The molecule has 0 unspecified atom stereocenters. The molecule has 2 aromatic rings. The van der Waals surface area contributed by atoms with Gasteiger partial charge in [0.05, 0.1) is 0 Å². The van der Waals surface area contributed by atoms with Gasteiger partial charge in [-0.15, -0.1) is 0 Å². The number of H-pyrrole nitrogens is 1. The van der Waals surface area contributed by atoms with Crippen LogP contribution in [0.1, 0.15) is 59.8 Å². The average molecular weight is 378 g/mol. The normalized spacial score (nSPS) is 21.5. The molecule has 1 N–H and O–H groups in total. The van der Waals surface area contributed by atoms with Crippen LogP contribution in [-0.4, -0.2) is 51.4 Å². The van der Waals surface area contributed by atoms with Crippen molar-refractivity contribution < 1.29 is 9.59 Å². The van der Waals surface area contributed by atoms with Crippen molar-refractivity contribution in [2.24, 2.45) is 5.41 Å². The van der Waals surface area contributed by atoms with Gasteiger partial charge in [-0.3, -0.25) is 14.7 Å². The number of rotatable bonds is 4. The number of amides is 2. The molecule has 0 radical (unpaired) electrons. The first-order valence-corrected chi connectivity index (χ1v) is 10.3. The number of aromatic amines is 1. The van der Waals surface area contributed by atoms with Crippen LogP contribution in [0.25, 0.3) is 0 Å². The summed E-state index contributed by atoms with van der Waals surface area (Å²) in [7, 11) is 0. The quantitative estimate of drug-likeness (QED) is 0.889. The summed E-state index contributed by atoms with van der Waals surface area (Å²) in [5, 5.41) is 7.26. The zero-order valence-corrected chi connectivity index (χ0v) is 16.1. The van der Waals surface area contributed by atoms with Gasteiger partial charge >= 0.3 is 0 Å². The Morgan fingerprint density at radius 1 is 1.18 bits per heavy atom. The van der Waals surface area contributed by atoms with Gasteiger partial charge in [0.25, 0.3) is 5.91 Å². The summed E-state index contributed by atoms with van der Waals surface area (Å²) in [4.78, 5) is 29.3. The number of hydrogen-bond donors (Lipinski definition) is 1. The molecule has 3 aliphatic rings. The Morgan fingerprint density at radius 3 is 2.64 bits per heavy atom. The summed E-state index contributed by atoms with van der Waals surface area (Å²) in [5.74, 6) is 0.826. The van der Waals surface area contributed by atoms with Crippen molar-refractivity contribution in [2.45, 2.75) is 44.6 Å². The Balaban J connectivity index is 1.20.